The minimum absolute atomic E-state index is 0.0816. The largest absolute Gasteiger partial charge is 0.374 e. The zero-order chi connectivity index (χ0) is 20.6. The molecule has 1 aromatic rings. The summed E-state index contributed by atoms with van der Waals surface area (Å²) in [5, 5.41) is 3.06. The zero-order valence-corrected chi connectivity index (χ0v) is 17.9. The minimum Gasteiger partial charge on any atom is -0.374 e. The Balaban J connectivity index is 1.32. The lowest BCUT2D eigenvalue weighted by atomic mass is 9.90. The van der Waals surface area contributed by atoms with Crippen LogP contribution in [0.3, 0.4) is 0 Å². The number of piperidine rings is 1. The van der Waals surface area contributed by atoms with Gasteiger partial charge in [-0.15, -0.1) is 0 Å². The molecule has 2 aliphatic rings. The number of ether oxygens (including phenoxy) is 1. The summed E-state index contributed by atoms with van der Waals surface area (Å²) in [7, 11) is 0. The summed E-state index contributed by atoms with van der Waals surface area (Å²) in [5.74, 6) is 1.13. The molecular formula is C23H36FN3O2. The van der Waals surface area contributed by atoms with Gasteiger partial charge in [0.2, 0.25) is 5.91 Å². The lowest BCUT2D eigenvalue weighted by molar-refractivity contribution is -0.123. The summed E-state index contributed by atoms with van der Waals surface area (Å²) in [5.41, 5.74) is 1.07. The van der Waals surface area contributed by atoms with Gasteiger partial charge in [0.1, 0.15) is 5.82 Å². The van der Waals surface area contributed by atoms with Crippen LogP contribution in [0.4, 0.5) is 4.39 Å². The second-order valence-corrected chi connectivity index (χ2v) is 9.00. The molecule has 1 aromatic carbocycles. The van der Waals surface area contributed by atoms with Crippen molar-refractivity contribution in [3.8, 4) is 0 Å². The highest BCUT2D eigenvalue weighted by Crippen LogP contribution is 2.22. The minimum atomic E-state index is -0.161. The molecule has 1 unspecified atom stereocenters. The molecule has 0 bridgehead atoms. The Labute approximate surface area is 174 Å². The number of carbonyl (C=O) groups excluding carboxylic acids is 1. The molecule has 6 heteroatoms. The van der Waals surface area contributed by atoms with Crippen LogP contribution in [0.2, 0.25) is 0 Å². The summed E-state index contributed by atoms with van der Waals surface area (Å²) in [6, 6.07) is 6.90. The van der Waals surface area contributed by atoms with Gasteiger partial charge in [0.15, 0.2) is 0 Å². The molecule has 2 fully saturated rings. The number of nitrogens with one attached hydrogen (secondary N) is 1. The molecule has 2 heterocycles. The van der Waals surface area contributed by atoms with Crippen LogP contribution in [-0.4, -0.2) is 74.2 Å². The molecule has 162 valence electrons. The fourth-order valence-electron chi connectivity index (χ4n) is 4.42. The third kappa shape index (κ3) is 7.68. The van der Waals surface area contributed by atoms with Crippen molar-refractivity contribution in [3.05, 3.63) is 35.6 Å². The number of benzene rings is 1. The van der Waals surface area contributed by atoms with Gasteiger partial charge >= 0.3 is 0 Å². The standard InChI is InChI=1S/C23H36FN3O2/c1-18(2)15-27-10-11-29-22(16-27)14-25-23(28)17-26-8-6-19(7-9-26)12-20-4-3-5-21(24)13-20/h3-5,13,18-19,22H,6-12,14-17H2,1-2H3,(H,25,28). The van der Waals surface area contributed by atoms with E-state index < -0.39 is 0 Å². The summed E-state index contributed by atoms with van der Waals surface area (Å²) in [6.45, 7) is 11.0. The van der Waals surface area contributed by atoms with Crippen molar-refractivity contribution in [2.75, 3.05) is 52.4 Å². The Hall–Kier alpha value is -1.50. The van der Waals surface area contributed by atoms with E-state index in [2.05, 4.69) is 29.0 Å². The van der Waals surface area contributed by atoms with E-state index in [-0.39, 0.29) is 17.8 Å². The number of carbonyl (C=O) groups is 1. The zero-order valence-electron chi connectivity index (χ0n) is 17.9. The highest BCUT2D eigenvalue weighted by Gasteiger charge is 2.23. The first-order valence-electron chi connectivity index (χ1n) is 11.1. The van der Waals surface area contributed by atoms with E-state index in [0.717, 1.165) is 64.2 Å². The van der Waals surface area contributed by atoms with Gasteiger partial charge in [-0.25, -0.2) is 4.39 Å². The number of nitrogens with zero attached hydrogens (tertiary/aromatic N) is 2. The molecule has 3 rings (SSSR count). The topological polar surface area (TPSA) is 44.8 Å². The molecule has 2 saturated heterocycles. The van der Waals surface area contributed by atoms with Crippen molar-refractivity contribution in [3.63, 3.8) is 0 Å². The number of amides is 1. The van der Waals surface area contributed by atoms with Gasteiger partial charge in [-0.1, -0.05) is 26.0 Å². The summed E-state index contributed by atoms with van der Waals surface area (Å²) < 4.78 is 19.2. The van der Waals surface area contributed by atoms with Crippen LogP contribution in [0.1, 0.15) is 32.3 Å². The van der Waals surface area contributed by atoms with Crippen molar-refractivity contribution >= 4 is 5.91 Å². The van der Waals surface area contributed by atoms with Crippen LogP contribution in [0.5, 0.6) is 0 Å². The maximum absolute atomic E-state index is 13.3. The van der Waals surface area contributed by atoms with E-state index in [1.807, 2.05) is 6.07 Å². The van der Waals surface area contributed by atoms with Crippen molar-refractivity contribution in [1.29, 1.82) is 0 Å². The average molecular weight is 406 g/mol. The van der Waals surface area contributed by atoms with E-state index in [4.69, 9.17) is 4.74 Å². The van der Waals surface area contributed by atoms with Crippen LogP contribution in [0.25, 0.3) is 0 Å². The lowest BCUT2D eigenvalue weighted by Crippen LogP contribution is -2.49. The molecule has 1 amide bonds. The average Bonchev–Trinajstić information content (AvgIpc) is 2.68. The second kappa shape index (κ2) is 11.0. The van der Waals surface area contributed by atoms with E-state index in [0.29, 0.717) is 24.9 Å². The van der Waals surface area contributed by atoms with Gasteiger partial charge in [-0.3, -0.25) is 14.6 Å². The maximum Gasteiger partial charge on any atom is 0.234 e. The smallest absolute Gasteiger partial charge is 0.234 e. The monoisotopic (exact) mass is 405 g/mol. The van der Waals surface area contributed by atoms with Crippen molar-refractivity contribution in [2.24, 2.45) is 11.8 Å². The lowest BCUT2D eigenvalue weighted by Gasteiger charge is -2.34. The normalized spacial score (nSPS) is 22.1. The summed E-state index contributed by atoms with van der Waals surface area (Å²) in [6.07, 6.45) is 3.12. The van der Waals surface area contributed by atoms with Crippen LogP contribution < -0.4 is 5.32 Å². The number of rotatable bonds is 8. The SMILES string of the molecule is CC(C)CN1CCOC(CNC(=O)CN2CCC(Cc3cccc(F)c3)CC2)C1. The first kappa shape index (κ1) is 22.2. The van der Waals surface area contributed by atoms with Crippen LogP contribution in [0.15, 0.2) is 24.3 Å². The van der Waals surface area contributed by atoms with Gasteiger partial charge < -0.3 is 10.1 Å². The van der Waals surface area contributed by atoms with Gasteiger partial charge in [-0.05, 0) is 61.9 Å². The van der Waals surface area contributed by atoms with E-state index in [1.54, 1.807) is 12.1 Å². The molecule has 29 heavy (non-hydrogen) atoms. The molecule has 0 radical (unpaired) electrons. The third-order valence-electron chi connectivity index (χ3n) is 5.86. The Morgan fingerprint density at radius 1 is 1.24 bits per heavy atom. The predicted octanol–water partition coefficient (Wildman–Crippen LogP) is 2.55. The molecule has 0 saturated carbocycles. The second-order valence-electron chi connectivity index (χ2n) is 9.00. The predicted molar refractivity (Wildman–Crippen MR) is 113 cm³/mol. The number of morpholine rings is 1. The van der Waals surface area contributed by atoms with E-state index in [9.17, 15) is 9.18 Å². The first-order chi connectivity index (χ1) is 14.0. The Bertz CT molecular complexity index is 647. The van der Waals surface area contributed by atoms with Crippen LogP contribution in [0, 0.1) is 17.7 Å². The van der Waals surface area contributed by atoms with Crippen LogP contribution in [-0.2, 0) is 16.0 Å². The van der Waals surface area contributed by atoms with Gasteiger partial charge in [0.25, 0.3) is 0 Å². The molecule has 5 nitrogen and oxygen atoms in total. The van der Waals surface area contributed by atoms with Gasteiger partial charge in [-0.2, -0.15) is 0 Å². The van der Waals surface area contributed by atoms with Gasteiger partial charge in [0.05, 0.1) is 19.3 Å². The summed E-state index contributed by atoms with van der Waals surface area (Å²) in [4.78, 5) is 17.0. The molecule has 1 N–H and O–H groups in total. The number of hydrogen-bond acceptors (Lipinski definition) is 4. The third-order valence-corrected chi connectivity index (χ3v) is 5.86. The van der Waals surface area contributed by atoms with Crippen molar-refractivity contribution in [2.45, 2.75) is 39.2 Å². The Kier molecular flexibility index (Phi) is 8.45. The Morgan fingerprint density at radius 2 is 2.03 bits per heavy atom. The van der Waals surface area contributed by atoms with Crippen molar-refractivity contribution in [1.82, 2.24) is 15.1 Å². The number of likely N-dealkylation sites (tertiary alicyclic amines) is 1. The van der Waals surface area contributed by atoms with E-state index in [1.165, 1.54) is 6.07 Å². The highest BCUT2D eigenvalue weighted by atomic mass is 19.1. The molecular weight excluding hydrogens is 369 g/mol. The highest BCUT2D eigenvalue weighted by molar-refractivity contribution is 5.78. The van der Waals surface area contributed by atoms with Gasteiger partial charge in [0, 0.05) is 26.2 Å². The quantitative estimate of drug-likeness (QED) is 0.722. The molecule has 0 aromatic heterocycles. The summed E-state index contributed by atoms with van der Waals surface area (Å²) >= 11 is 0. The molecule has 0 aliphatic carbocycles. The van der Waals surface area contributed by atoms with Crippen molar-refractivity contribution < 1.29 is 13.9 Å². The maximum atomic E-state index is 13.3. The fraction of sp³-hybridized carbons (Fsp3) is 0.696. The van der Waals surface area contributed by atoms with E-state index >= 15 is 0 Å². The molecule has 1 atom stereocenters. The Morgan fingerprint density at radius 3 is 2.76 bits per heavy atom. The fourth-order valence-corrected chi connectivity index (χ4v) is 4.42. The molecule has 0 spiro atoms. The van der Waals surface area contributed by atoms with Crippen LogP contribution >= 0.6 is 0 Å². The number of hydrogen-bond donors (Lipinski definition) is 1. The molecule has 2 aliphatic heterocycles. The first-order valence-corrected chi connectivity index (χ1v) is 11.1. The number of halogens is 1.